The third-order valence-corrected chi connectivity index (χ3v) is 3.39. The maximum Gasteiger partial charge on any atom is 0.0910 e. The second kappa shape index (κ2) is 7.24. The molecule has 0 unspecified atom stereocenters. The van der Waals surface area contributed by atoms with Gasteiger partial charge in [0.25, 0.3) is 0 Å². The summed E-state index contributed by atoms with van der Waals surface area (Å²) in [5, 5.41) is 10.3. The molecular formula is C13H28O2. The lowest BCUT2D eigenvalue weighted by atomic mass is 9.83. The van der Waals surface area contributed by atoms with Gasteiger partial charge in [0.1, 0.15) is 0 Å². The van der Waals surface area contributed by atoms with Crippen LogP contribution >= 0.6 is 0 Å². The fraction of sp³-hybridized carbons (Fsp3) is 1.00. The first-order valence-electron chi connectivity index (χ1n) is 6.25. The molecule has 2 heteroatoms. The summed E-state index contributed by atoms with van der Waals surface area (Å²) >= 11 is 0. The Bertz CT molecular complexity index is 159. The molecule has 0 aromatic heterocycles. The molecule has 0 saturated carbocycles. The van der Waals surface area contributed by atoms with E-state index >= 15 is 0 Å². The van der Waals surface area contributed by atoms with Gasteiger partial charge in [-0.15, -0.1) is 0 Å². The highest BCUT2D eigenvalue weighted by Crippen LogP contribution is 2.28. The number of unbranched alkanes of at least 4 members (excludes halogenated alkanes) is 1. The summed E-state index contributed by atoms with van der Waals surface area (Å²) in [4.78, 5) is 0. The number of aliphatic hydroxyl groups excluding tert-OH is 1. The van der Waals surface area contributed by atoms with Crippen LogP contribution in [-0.4, -0.2) is 23.9 Å². The maximum absolute atomic E-state index is 10.3. The van der Waals surface area contributed by atoms with Gasteiger partial charge in [-0.1, -0.05) is 40.0 Å². The zero-order valence-corrected chi connectivity index (χ0v) is 11.0. The quantitative estimate of drug-likeness (QED) is 0.674. The Hall–Kier alpha value is -0.0800. The number of methoxy groups -OCH3 is 1. The predicted octanol–water partition coefficient (Wildman–Crippen LogP) is 3.38. The first kappa shape index (κ1) is 14.9. The van der Waals surface area contributed by atoms with E-state index in [1.807, 2.05) is 6.92 Å². The maximum atomic E-state index is 10.3. The molecule has 0 bridgehead atoms. The van der Waals surface area contributed by atoms with Gasteiger partial charge in [0, 0.05) is 7.11 Å². The van der Waals surface area contributed by atoms with E-state index in [0.717, 1.165) is 19.3 Å². The highest BCUT2D eigenvalue weighted by atomic mass is 16.5. The van der Waals surface area contributed by atoms with E-state index in [0.29, 0.717) is 5.92 Å². The lowest BCUT2D eigenvalue weighted by Crippen LogP contribution is -2.45. The van der Waals surface area contributed by atoms with Crippen LogP contribution in [0.5, 0.6) is 0 Å². The summed E-state index contributed by atoms with van der Waals surface area (Å²) in [6.07, 6.45) is 5.07. The average Bonchev–Trinajstić information content (AvgIpc) is 2.24. The average molecular weight is 216 g/mol. The first-order chi connectivity index (χ1) is 7.01. The van der Waals surface area contributed by atoms with Crippen molar-refractivity contribution < 1.29 is 9.84 Å². The molecule has 92 valence electrons. The van der Waals surface area contributed by atoms with E-state index in [1.54, 1.807) is 7.11 Å². The van der Waals surface area contributed by atoms with Crippen LogP contribution in [0.4, 0.5) is 0 Å². The molecule has 0 radical (unpaired) electrons. The fourth-order valence-corrected chi connectivity index (χ4v) is 2.15. The van der Waals surface area contributed by atoms with Crippen molar-refractivity contribution >= 4 is 0 Å². The van der Waals surface area contributed by atoms with Crippen molar-refractivity contribution in [3.63, 3.8) is 0 Å². The highest BCUT2D eigenvalue weighted by molar-refractivity contribution is 4.86. The van der Waals surface area contributed by atoms with E-state index in [9.17, 15) is 5.11 Å². The van der Waals surface area contributed by atoms with Gasteiger partial charge in [0.15, 0.2) is 0 Å². The van der Waals surface area contributed by atoms with E-state index in [-0.39, 0.29) is 11.7 Å². The normalized spacial score (nSPS) is 19.6. The van der Waals surface area contributed by atoms with Gasteiger partial charge in [-0.3, -0.25) is 0 Å². The van der Waals surface area contributed by atoms with Crippen LogP contribution < -0.4 is 0 Å². The standard InChI is InChI=1S/C13H28O2/c1-6-8-9-11(3)12(14)13(4,15-5)10-7-2/h11-12,14H,6-10H2,1-5H3/t11-,12-,13-/m1/s1. The van der Waals surface area contributed by atoms with Gasteiger partial charge in [-0.05, 0) is 25.7 Å². The van der Waals surface area contributed by atoms with Crippen LogP contribution in [0.1, 0.15) is 59.8 Å². The van der Waals surface area contributed by atoms with Crippen LogP contribution in [0.25, 0.3) is 0 Å². The summed E-state index contributed by atoms with van der Waals surface area (Å²) in [6, 6.07) is 0. The molecule has 0 heterocycles. The van der Waals surface area contributed by atoms with Gasteiger partial charge in [0.05, 0.1) is 11.7 Å². The molecule has 0 aromatic rings. The molecule has 0 spiro atoms. The van der Waals surface area contributed by atoms with Crippen molar-refractivity contribution in [3.05, 3.63) is 0 Å². The molecule has 1 N–H and O–H groups in total. The zero-order valence-electron chi connectivity index (χ0n) is 11.0. The number of rotatable bonds is 8. The zero-order chi connectivity index (χ0) is 11.9. The van der Waals surface area contributed by atoms with Crippen molar-refractivity contribution in [1.29, 1.82) is 0 Å². The third-order valence-electron chi connectivity index (χ3n) is 3.39. The number of hydrogen-bond acceptors (Lipinski definition) is 2. The van der Waals surface area contributed by atoms with Gasteiger partial charge in [-0.2, -0.15) is 0 Å². The molecule has 0 aliphatic carbocycles. The summed E-state index contributed by atoms with van der Waals surface area (Å²) in [7, 11) is 1.70. The summed E-state index contributed by atoms with van der Waals surface area (Å²) in [5.74, 6) is 0.321. The monoisotopic (exact) mass is 216 g/mol. The second-order valence-corrected chi connectivity index (χ2v) is 4.83. The van der Waals surface area contributed by atoms with Crippen LogP contribution in [0, 0.1) is 5.92 Å². The Morgan fingerprint density at radius 3 is 2.27 bits per heavy atom. The van der Waals surface area contributed by atoms with E-state index in [2.05, 4.69) is 20.8 Å². The largest absolute Gasteiger partial charge is 0.390 e. The Kier molecular flexibility index (Phi) is 7.20. The summed E-state index contributed by atoms with van der Waals surface area (Å²) in [5.41, 5.74) is -0.373. The van der Waals surface area contributed by atoms with Gasteiger partial charge in [-0.25, -0.2) is 0 Å². The van der Waals surface area contributed by atoms with Gasteiger partial charge >= 0.3 is 0 Å². The molecule has 0 aliphatic heterocycles. The second-order valence-electron chi connectivity index (χ2n) is 4.83. The van der Waals surface area contributed by atoms with Crippen molar-refractivity contribution in [2.24, 2.45) is 5.92 Å². The molecule has 0 rings (SSSR count). The molecule has 0 amide bonds. The van der Waals surface area contributed by atoms with Crippen molar-refractivity contribution in [2.45, 2.75) is 71.5 Å². The number of aliphatic hydroxyl groups is 1. The molecule has 0 saturated heterocycles. The molecule has 0 aliphatic rings. The Labute approximate surface area is 95.0 Å². The fourth-order valence-electron chi connectivity index (χ4n) is 2.15. The minimum atomic E-state index is -0.373. The van der Waals surface area contributed by atoms with Crippen molar-refractivity contribution in [2.75, 3.05) is 7.11 Å². The van der Waals surface area contributed by atoms with Gasteiger partial charge < -0.3 is 9.84 Å². The minimum absolute atomic E-state index is 0.321. The van der Waals surface area contributed by atoms with Crippen molar-refractivity contribution in [1.82, 2.24) is 0 Å². The van der Waals surface area contributed by atoms with Crippen LogP contribution in [0.3, 0.4) is 0 Å². The topological polar surface area (TPSA) is 29.5 Å². The minimum Gasteiger partial charge on any atom is -0.390 e. The number of ether oxygens (including phenoxy) is 1. The van der Waals surface area contributed by atoms with Crippen LogP contribution in [0.15, 0.2) is 0 Å². The molecule has 15 heavy (non-hydrogen) atoms. The van der Waals surface area contributed by atoms with Crippen LogP contribution in [-0.2, 0) is 4.74 Å². The Balaban J connectivity index is 4.28. The Morgan fingerprint density at radius 2 is 1.87 bits per heavy atom. The van der Waals surface area contributed by atoms with E-state index < -0.39 is 0 Å². The van der Waals surface area contributed by atoms with E-state index in [4.69, 9.17) is 4.74 Å². The Morgan fingerprint density at radius 1 is 1.27 bits per heavy atom. The SMILES string of the molecule is CCCC[C@@H](C)[C@@H](O)[C@@](C)(CCC)OC. The highest BCUT2D eigenvalue weighted by Gasteiger charge is 2.35. The molecule has 0 aromatic carbocycles. The third kappa shape index (κ3) is 4.52. The molecule has 3 atom stereocenters. The van der Waals surface area contributed by atoms with Crippen molar-refractivity contribution in [3.8, 4) is 0 Å². The van der Waals surface area contributed by atoms with E-state index in [1.165, 1.54) is 12.8 Å². The summed E-state index contributed by atoms with van der Waals surface area (Å²) in [6.45, 7) is 8.44. The lowest BCUT2D eigenvalue weighted by Gasteiger charge is -2.36. The number of hydrogen-bond donors (Lipinski definition) is 1. The molecular weight excluding hydrogens is 188 g/mol. The first-order valence-corrected chi connectivity index (χ1v) is 6.25. The lowest BCUT2D eigenvalue weighted by molar-refractivity contribution is -0.116. The predicted molar refractivity (Wildman–Crippen MR) is 65.0 cm³/mol. The van der Waals surface area contributed by atoms with Gasteiger partial charge in [0.2, 0.25) is 0 Å². The smallest absolute Gasteiger partial charge is 0.0910 e. The summed E-state index contributed by atoms with van der Waals surface area (Å²) < 4.78 is 5.49. The van der Waals surface area contributed by atoms with Crippen LogP contribution in [0.2, 0.25) is 0 Å². The molecule has 0 fully saturated rings. The molecule has 2 nitrogen and oxygen atoms in total.